The van der Waals surface area contributed by atoms with Crippen molar-refractivity contribution in [2.45, 2.75) is 26.0 Å². The summed E-state index contributed by atoms with van der Waals surface area (Å²) in [5.74, 6) is 0.00364. The van der Waals surface area contributed by atoms with Crippen LogP contribution in [0.15, 0.2) is 18.5 Å². The van der Waals surface area contributed by atoms with Crippen LogP contribution in [0.3, 0.4) is 0 Å². The van der Waals surface area contributed by atoms with E-state index in [9.17, 15) is 8.78 Å². The highest BCUT2D eigenvalue weighted by molar-refractivity contribution is 5.71. The average molecular weight is 367 g/mol. The Balaban J connectivity index is 1.60. The predicted octanol–water partition coefficient (Wildman–Crippen LogP) is 2.32. The molecule has 0 atom stereocenters. The molecule has 0 unspecified atom stereocenters. The maximum Gasteiger partial charge on any atom is 0.388 e. The number of nitrogens with one attached hydrogen (secondary N) is 2. The van der Waals surface area contributed by atoms with Crippen molar-refractivity contribution < 1.29 is 21.0 Å². The van der Waals surface area contributed by atoms with Crippen molar-refractivity contribution >= 4 is 22.8 Å². The predicted molar refractivity (Wildman–Crippen MR) is 87.4 cm³/mol. The Morgan fingerprint density at radius 1 is 1.42 bits per heavy atom. The molecule has 26 heavy (non-hydrogen) atoms. The minimum Gasteiger partial charge on any atom is -0.415 e. The molecular formula is C15H17F2N7O2. The number of nitrogens with zero attached hydrogens (tertiary/aromatic N) is 5. The van der Waals surface area contributed by atoms with Crippen molar-refractivity contribution in [3.8, 4) is 5.88 Å². The number of aromatic amines is 1. The Bertz CT molecular complexity index is 959. The highest BCUT2D eigenvalue weighted by Gasteiger charge is 2.17. The van der Waals surface area contributed by atoms with Crippen molar-refractivity contribution in [1.82, 2.24) is 29.9 Å². The van der Waals surface area contributed by atoms with Crippen LogP contribution >= 0.6 is 0 Å². The molecule has 9 nitrogen and oxygen atoms in total. The largest absolute Gasteiger partial charge is 0.415 e. The first-order chi connectivity index (χ1) is 13.4. The third-order valence-corrected chi connectivity index (χ3v) is 3.83. The van der Waals surface area contributed by atoms with E-state index in [1.807, 2.05) is 0 Å². The third-order valence-electron chi connectivity index (χ3n) is 3.83. The SMILES string of the molecule is [2H]C([2H])(C1CCOCC1)n1ncc2ncc(Nc3cc(OC(F)F)n[nH]3)nc21. The number of alkyl halides is 2. The van der Waals surface area contributed by atoms with E-state index in [0.29, 0.717) is 31.6 Å². The van der Waals surface area contributed by atoms with Gasteiger partial charge >= 0.3 is 6.61 Å². The molecule has 1 fully saturated rings. The molecule has 0 radical (unpaired) electrons. The van der Waals surface area contributed by atoms with E-state index in [2.05, 4.69) is 35.3 Å². The average Bonchev–Trinajstić information content (AvgIpc) is 3.29. The van der Waals surface area contributed by atoms with Gasteiger partial charge < -0.3 is 14.8 Å². The van der Waals surface area contributed by atoms with Crippen LogP contribution in [0, 0.1) is 5.92 Å². The van der Waals surface area contributed by atoms with E-state index in [4.69, 9.17) is 7.48 Å². The summed E-state index contributed by atoms with van der Waals surface area (Å²) in [5.41, 5.74) is 0.706. The number of aromatic nitrogens is 6. The molecule has 138 valence electrons. The van der Waals surface area contributed by atoms with Crippen LogP contribution in [0.1, 0.15) is 15.6 Å². The lowest BCUT2D eigenvalue weighted by Crippen LogP contribution is -2.21. The van der Waals surface area contributed by atoms with E-state index in [0.717, 1.165) is 0 Å². The van der Waals surface area contributed by atoms with Gasteiger partial charge in [-0.25, -0.2) is 14.6 Å². The molecule has 2 N–H and O–H groups in total. The first-order valence-electron chi connectivity index (χ1n) is 9.00. The zero-order valence-corrected chi connectivity index (χ0v) is 13.5. The van der Waals surface area contributed by atoms with Gasteiger partial charge in [-0.1, -0.05) is 0 Å². The normalized spacial score (nSPS) is 17.3. The van der Waals surface area contributed by atoms with Crippen molar-refractivity contribution in [2.75, 3.05) is 18.5 Å². The maximum absolute atomic E-state index is 12.2. The fraction of sp³-hybridized carbons (Fsp3) is 0.467. The van der Waals surface area contributed by atoms with Gasteiger partial charge in [0.1, 0.15) is 11.3 Å². The second kappa shape index (κ2) is 7.20. The molecule has 4 heterocycles. The van der Waals surface area contributed by atoms with E-state index < -0.39 is 13.1 Å². The summed E-state index contributed by atoms with van der Waals surface area (Å²) >= 11 is 0. The van der Waals surface area contributed by atoms with E-state index in [-0.39, 0.29) is 29.1 Å². The van der Waals surface area contributed by atoms with E-state index >= 15 is 0 Å². The number of hydrogen-bond acceptors (Lipinski definition) is 7. The molecule has 11 heteroatoms. The first kappa shape index (κ1) is 14.4. The number of hydrogen-bond donors (Lipinski definition) is 2. The number of ether oxygens (including phenoxy) is 2. The van der Waals surface area contributed by atoms with Crippen LogP contribution < -0.4 is 10.1 Å². The lowest BCUT2D eigenvalue weighted by molar-refractivity contribution is -0.0528. The number of H-pyrrole nitrogens is 1. The lowest BCUT2D eigenvalue weighted by Gasteiger charge is -2.21. The summed E-state index contributed by atoms with van der Waals surface area (Å²) in [6, 6.07) is 1.25. The molecule has 0 bridgehead atoms. The van der Waals surface area contributed by atoms with Crippen LogP contribution in [0.25, 0.3) is 11.2 Å². The van der Waals surface area contributed by atoms with Crippen LogP contribution in [-0.2, 0) is 11.2 Å². The highest BCUT2D eigenvalue weighted by Crippen LogP contribution is 2.21. The maximum atomic E-state index is 12.2. The molecule has 1 aliphatic heterocycles. The summed E-state index contributed by atoms with van der Waals surface area (Å²) in [7, 11) is 0. The van der Waals surface area contributed by atoms with E-state index in [1.54, 1.807) is 0 Å². The molecule has 0 amide bonds. The molecule has 0 aliphatic carbocycles. The highest BCUT2D eigenvalue weighted by atomic mass is 19.3. The second-order valence-electron chi connectivity index (χ2n) is 5.66. The Kier molecular flexibility index (Phi) is 3.98. The van der Waals surface area contributed by atoms with Gasteiger partial charge in [0.15, 0.2) is 11.5 Å². The van der Waals surface area contributed by atoms with Gasteiger partial charge in [-0.2, -0.15) is 13.9 Å². The summed E-state index contributed by atoms with van der Waals surface area (Å²) in [4.78, 5) is 8.61. The number of fused-ring (bicyclic) bond motifs is 1. The van der Waals surface area contributed by atoms with Gasteiger partial charge in [-0.15, -0.1) is 5.10 Å². The molecule has 0 saturated carbocycles. The van der Waals surface area contributed by atoms with Crippen molar-refractivity contribution in [2.24, 2.45) is 5.92 Å². The van der Waals surface area contributed by atoms with Crippen molar-refractivity contribution in [3.05, 3.63) is 18.5 Å². The van der Waals surface area contributed by atoms with Gasteiger partial charge in [0, 0.05) is 25.8 Å². The van der Waals surface area contributed by atoms with Crippen LogP contribution in [0.4, 0.5) is 20.4 Å². The van der Waals surface area contributed by atoms with Crippen LogP contribution in [-0.4, -0.2) is 49.8 Å². The lowest BCUT2D eigenvalue weighted by atomic mass is 10.0. The Hall–Kier alpha value is -2.82. The number of anilines is 2. The molecule has 3 aromatic heterocycles. The fourth-order valence-corrected chi connectivity index (χ4v) is 2.61. The molecule has 0 aromatic carbocycles. The topological polar surface area (TPSA) is 103 Å². The minimum atomic E-state index is -2.98. The number of rotatable bonds is 6. The van der Waals surface area contributed by atoms with Gasteiger partial charge in [-0.05, 0) is 18.8 Å². The van der Waals surface area contributed by atoms with Crippen molar-refractivity contribution in [1.29, 1.82) is 0 Å². The second-order valence-corrected chi connectivity index (χ2v) is 5.66. The van der Waals surface area contributed by atoms with Crippen LogP contribution in [0.5, 0.6) is 5.88 Å². The monoisotopic (exact) mass is 367 g/mol. The zero-order valence-electron chi connectivity index (χ0n) is 15.5. The summed E-state index contributed by atoms with van der Waals surface area (Å²) in [6.45, 7) is -3.73. The molecule has 0 spiro atoms. The Morgan fingerprint density at radius 3 is 3.08 bits per heavy atom. The molecule has 3 aromatic rings. The fourth-order valence-electron chi connectivity index (χ4n) is 2.61. The molecule has 1 aliphatic rings. The standard InChI is InChI=1S/C15H17F2N7O2/c16-15(17)26-13-5-11(22-23-13)20-12-7-18-10-6-19-24(14(10)21-12)8-9-1-3-25-4-2-9/h5-7,9,15H,1-4,8H2,(H2,20,21,22,23)/i8D2. The molecule has 4 rings (SSSR count). The van der Waals surface area contributed by atoms with Gasteiger partial charge in [0.05, 0.1) is 15.1 Å². The third kappa shape index (κ3) is 3.72. The van der Waals surface area contributed by atoms with E-state index in [1.165, 1.54) is 23.1 Å². The van der Waals surface area contributed by atoms with Gasteiger partial charge in [-0.3, -0.25) is 5.10 Å². The smallest absolute Gasteiger partial charge is 0.388 e. The minimum absolute atomic E-state index is 0.260. The number of halogens is 2. The molecule has 1 saturated heterocycles. The summed E-state index contributed by atoms with van der Waals surface area (Å²) < 4.78 is 52.3. The quantitative estimate of drug-likeness (QED) is 0.689. The first-order valence-corrected chi connectivity index (χ1v) is 8.00. The van der Waals surface area contributed by atoms with Crippen LogP contribution in [0.2, 0.25) is 0 Å². The van der Waals surface area contributed by atoms with Gasteiger partial charge in [0.25, 0.3) is 0 Å². The zero-order chi connectivity index (χ0) is 19.7. The summed E-state index contributed by atoms with van der Waals surface area (Å²) in [6.07, 6.45) is 4.04. The molecular weight excluding hydrogens is 348 g/mol. The van der Waals surface area contributed by atoms with Crippen molar-refractivity contribution in [3.63, 3.8) is 0 Å². The van der Waals surface area contributed by atoms with Gasteiger partial charge in [0.2, 0.25) is 5.88 Å². The Morgan fingerprint density at radius 2 is 2.27 bits per heavy atom. The Labute approximate surface area is 149 Å². The summed E-state index contributed by atoms with van der Waals surface area (Å²) in [5, 5.41) is 13.1.